The summed E-state index contributed by atoms with van der Waals surface area (Å²) in [6.45, 7) is -0.396. The van der Waals surface area contributed by atoms with E-state index in [-0.39, 0.29) is 11.4 Å². The fraction of sp³-hybridized carbons (Fsp3) is 0.167. The zero-order valence-corrected chi connectivity index (χ0v) is 17.2. The lowest BCUT2D eigenvalue weighted by Crippen LogP contribution is -2.39. The fourth-order valence-corrected chi connectivity index (χ4v) is 3.14. The lowest BCUT2D eigenvalue weighted by molar-refractivity contribution is -0.120. The average molecular weight is 442 g/mol. The molecule has 0 bridgehead atoms. The van der Waals surface area contributed by atoms with Crippen LogP contribution < -0.4 is 15.4 Å². The van der Waals surface area contributed by atoms with Crippen LogP contribution in [0.15, 0.2) is 66.7 Å². The molecule has 0 aliphatic carbocycles. The highest BCUT2D eigenvalue weighted by molar-refractivity contribution is 5.96. The normalized spacial score (nSPS) is 11.5. The Morgan fingerprint density at radius 3 is 2.09 bits per heavy atom. The monoisotopic (exact) mass is 442 g/mol. The molecular weight excluding hydrogens is 421 g/mol. The SMILES string of the molecule is COc1ccc(C(Cc2ccc(F)cc2)NC(=O)CNC(=O)c2cc(F)cc(F)c2)cc1. The Morgan fingerprint density at radius 2 is 1.50 bits per heavy atom. The number of amides is 2. The van der Waals surface area contributed by atoms with E-state index in [1.54, 1.807) is 43.5 Å². The number of rotatable bonds is 8. The van der Waals surface area contributed by atoms with Crippen molar-refractivity contribution < 1.29 is 27.5 Å². The Balaban J connectivity index is 1.69. The van der Waals surface area contributed by atoms with Crippen LogP contribution in [0.5, 0.6) is 5.75 Å². The Kier molecular flexibility index (Phi) is 7.49. The molecule has 3 aromatic carbocycles. The van der Waals surface area contributed by atoms with Crippen molar-refractivity contribution in [2.45, 2.75) is 12.5 Å². The Bertz CT molecular complexity index is 1070. The van der Waals surface area contributed by atoms with E-state index >= 15 is 0 Å². The second-order valence-corrected chi connectivity index (χ2v) is 7.06. The molecule has 0 saturated heterocycles. The van der Waals surface area contributed by atoms with Gasteiger partial charge in [0.2, 0.25) is 5.91 Å². The minimum atomic E-state index is -0.890. The van der Waals surface area contributed by atoms with Gasteiger partial charge in [0.05, 0.1) is 19.7 Å². The average Bonchev–Trinajstić information content (AvgIpc) is 2.78. The van der Waals surface area contributed by atoms with E-state index in [2.05, 4.69) is 10.6 Å². The predicted molar refractivity (Wildman–Crippen MR) is 113 cm³/mol. The van der Waals surface area contributed by atoms with Crippen LogP contribution in [-0.2, 0) is 11.2 Å². The summed E-state index contributed by atoms with van der Waals surface area (Å²) in [5.41, 5.74) is 1.35. The number of ether oxygens (including phenoxy) is 1. The van der Waals surface area contributed by atoms with Crippen molar-refractivity contribution >= 4 is 11.8 Å². The first-order chi connectivity index (χ1) is 15.3. The lowest BCUT2D eigenvalue weighted by atomic mass is 9.98. The number of methoxy groups -OCH3 is 1. The van der Waals surface area contributed by atoms with Crippen molar-refractivity contribution in [3.8, 4) is 5.75 Å². The number of carbonyl (C=O) groups is 2. The van der Waals surface area contributed by atoms with Crippen LogP contribution in [0, 0.1) is 17.5 Å². The van der Waals surface area contributed by atoms with Gasteiger partial charge in [0.15, 0.2) is 0 Å². The van der Waals surface area contributed by atoms with E-state index in [0.29, 0.717) is 18.2 Å². The number of halogens is 3. The first-order valence-corrected chi connectivity index (χ1v) is 9.76. The van der Waals surface area contributed by atoms with E-state index in [9.17, 15) is 22.8 Å². The fourth-order valence-electron chi connectivity index (χ4n) is 3.14. The van der Waals surface area contributed by atoms with Gasteiger partial charge in [-0.2, -0.15) is 0 Å². The largest absolute Gasteiger partial charge is 0.497 e. The molecule has 0 spiro atoms. The van der Waals surface area contributed by atoms with Gasteiger partial charge in [0.25, 0.3) is 5.91 Å². The van der Waals surface area contributed by atoms with Gasteiger partial charge < -0.3 is 15.4 Å². The molecule has 166 valence electrons. The summed E-state index contributed by atoms with van der Waals surface area (Å²) in [5, 5.41) is 5.17. The van der Waals surface area contributed by atoms with E-state index in [1.165, 1.54) is 12.1 Å². The lowest BCUT2D eigenvalue weighted by Gasteiger charge is -2.20. The third-order valence-corrected chi connectivity index (χ3v) is 4.74. The van der Waals surface area contributed by atoms with Crippen molar-refractivity contribution in [1.29, 1.82) is 0 Å². The molecule has 3 rings (SSSR count). The number of nitrogens with one attached hydrogen (secondary N) is 2. The first kappa shape index (κ1) is 22.9. The summed E-state index contributed by atoms with van der Waals surface area (Å²) in [6, 6.07) is 14.9. The zero-order valence-electron chi connectivity index (χ0n) is 17.2. The molecule has 0 heterocycles. The molecular formula is C24H21F3N2O3. The van der Waals surface area contributed by atoms with Crippen molar-refractivity contribution in [3.05, 3.63) is 101 Å². The molecule has 0 fully saturated rings. The van der Waals surface area contributed by atoms with Gasteiger partial charge in [-0.25, -0.2) is 13.2 Å². The summed E-state index contributed by atoms with van der Waals surface area (Å²) in [6.07, 6.45) is 0.376. The van der Waals surface area contributed by atoms with Crippen molar-refractivity contribution in [3.63, 3.8) is 0 Å². The quantitative estimate of drug-likeness (QED) is 0.555. The molecule has 2 N–H and O–H groups in total. The Labute approximate surface area is 183 Å². The van der Waals surface area contributed by atoms with Crippen LogP contribution in [0.25, 0.3) is 0 Å². The highest BCUT2D eigenvalue weighted by Crippen LogP contribution is 2.22. The van der Waals surface area contributed by atoms with Crippen LogP contribution in [-0.4, -0.2) is 25.5 Å². The molecule has 2 amide bonds. The van der Waals surface area contributed by atoms with Crippen LogP contribution in [0.1, 0.15) is 27.5 Å². The molecule has 5 nitrogen and oxygen atoms in total. The highest BCUT2D eigenvalue weighted by Gasteiger charge is 2.17. The smallest absolute Gasteiger partial charge is 0.251 e. The molecule has 8 heteroatoms. The minimum Gasteiger partial charge on any atom is -0.497 e. The van der Waals surface area contributed by atoms with Crippen LogP contribution in [0.2, 0.25) is 0 Å². The number of benzene rings is 3. The van der Waals surface area contributed by atoms with E-state index < -0.39 is 36.0 Å². The summed E-state index contributed by atoms with van der Waals surface area (Å²) in [7, 11) is 1.54. The third kappa shape index (κ3) is 6.34. The molecule has 0 aromatic heterocycles. The molecule has 1 atom stereocenters. The van der Waals surface area contributed by atoms with Gasteiger partial charge in [-0.15, -0.1) is 0 Å². The Hall–Kier alpha value is -3.81. The molecule has 0 radical (unpaired) electrons. The predicted octanol–water partition coefficient (Wildman–Crippen LogP) is 3.94. The molecule has 0 saturated carbocycles. The second kappa shape index (κ2) is 10.5. The molecule has 1 unspecified atom stereocenters. The maximum absolute atomic E-state index is 13.3. The first-order valence-electron chi connectivity index (χ1n) is 9.76. The van der Waals surface area contributed by atoms with E-state index in [0.717, 1.165) is 23.3 Å². The van der Waals surface area contributed by atoms with E-state index in [4.69, 9.17) is 4.74 Å². The van der Waals surface area contributed by atoms with Gasteiger partial charge in [-0.05, 0) is 53.9 Å². The summed E-state index contributed by atoms with van der Waals surface area (Å²) >= 11 is 0. The van der Waals surface area contributed by atoms with Gasteiger partial charge in [-0.1, -0.05) is 24.3 Å². The standard InChI is InChI=1S/C24H21F3N2O3/c1-32-21-8-4-16(5-9-21)22(10-15-2-6-18(25)7-3-15)29-23(30)14-28-24(31)17-11-19(26)13-20(27)12-17/h2-9,11-13,22H,10,14H2,1H3,(H,28,31)(H,29,30). The molecule has 0 aliphatic heterocycles. The summed E-state index contributed by atoms with van der Waals surface area (Å²) < 4.78 is 45.0. The molecule has 3 aromatic rings. The second-order valence-electron chi connectivity index (χ2n) is 7.06. The van der Waals surface area contributed by atoms with Crippen LogP contribution in [0.4, 0.5) is 13.2 Å². The van der Waals surface area contributed by atoms with Crippen molar-refractivity contribution in [2.75, 3.05) is 13.7 Å². The number of hydrogen-bond donors (Lipinski definition) is 2. The minimum absolute atomic E-state index is 0.228. The third-order valence-electron chi connectivity index (χ3n) is 4.74. The van der Waals surface area contributed by atoms with Gasteiger partial charge in [0.1, 0.15) is 23.2 Å². The summed E-state index contributed by atoms with van der Waals surface area (Å²) in [5.74, 6) is -2.78. The maximum atomic E-state index is 13.3. The van der Waals surface area contributed by atoms with Crippen molar-refractivity contribution in [1.82, 2.24) is 10.6 Å². The van der Waals surface area contributed by atoms with E-state index in [1.807, 2.05) is 0 Å². The zero-order chi connectivity index (χ0) is 23.1. The number of hydrogen-bond acceptors (Lipinski definition) is 3. The topological polar surface area (TPSA) is 67.4 Å². The van der Waals surface area contributed by atoms with Crippen molar-refractivity contribution in [2.24, 2.45) is 0 Å². The van der Waals surface area contributed by atoms with Gasteiger partial charge in [-0.3, -0.25) is 9.59 Å². The highest BCUT2D eigenvalue weighted by atomic mass is 19.1. The Morgan fingerprint density at radius 1 is 0.875 bits per heavy atom. The maximum Gasteiger partial charge on any atom is 0.251 e. The molecule has 32 heavy (non-hydrogen) atoms. The van der Waals surface area contributed by atoms with Crippen LogP contribution in [0.3, 0.4) is 0 Å². The van der Waals surface area contributed by atoms with Gasteiger partial charge in [0, 0.05) is 11.6 Å². The molecule has 0 aliphatic rings. The number of carbonyl (C=O) groups excluding carboxylic acids is 2. The van der Waals surface area contributed by atoms with Gasteiger partial charge >= 0.3 is 0 Å². The summed E-state index contributed by atoms with van der Waals surface area (Å²) in [4.78, 5) is 24.6. The van der Waals surface area contributed by atoms with Crippen LogP contribution >= 0.6 is 0 Å².